The highest BCUT2D eigenvalue weighted by atomic mass is 16.6. The maximum atomic E-state index is 12.3. The number of hydrogen-bond acceptors (Lipinski definition) is 5. The van der Waals surface area contributed by atoms with Gasteiger partial charge in [-0.25, -0.2) is 0 Å². The fourth-order valence-electron chi connectivity index (χ4n) is 2.38. The number of carbonyl (C=O) groups is 1. The number of nitrogens with one attached hydrogen (secondary N) is 1. The van der Waals surface area contributed by atoms with Gasteiger partial charge in [0.1, 0.15) is 29.8 Å². The molecule has 0 aliphatic heterocycles. The summed E-state index contributed by atoms with van der Waals surface area (Å²) in [6.07, 6.45) is 2.35. The average molecular weight is 328 g/mol. The maximum absolute atomic E-state index is 12.3. The monoisotopic (exact) mass is 328 g/mol. The third-order valence-corrected chi connectivity index (χ3v) is 3.81. The summed E-state index contributed by atoms with van der Waals surface area (Å²) in [6, 6.07) is 8.46. The highest BCUT2D eigenvalue weighted by Crippen LogP contribution is 2.24. The van der Waals surface area contributed by atoms with E-state index in [0.717, 1.165) is 17.2 Å². The van der Waals surface area contributed by atoms with E-state index in [0.29, 0.717) is 5.76 Å². The van der Waals surface area contributed by atoms with Crippen LogP contribution in [0.15, 0.2) is 47.1 Å². The quantitative estimate of drug-likeness (QED) is 0.573. The van der Waals surface area contributed by atoms with Gasteiger partial charge in [-0.05, 0) is 26.0 Å². The highest BCUT2D eigenvalue weighted by Gasteiger charge is 2.22. The molecule has 2 unspecified atom stereocenters. The van der Waals surface area contributed by atoms with Crippen molar-refractivity contribution in [2.24, 2.45) is 0 Å². The topological polar surface area (TPSA) is 103 Å². The second kappa shape index (κ2) is 6.15. The lowest BCUT2D eigenvalue weighted by Crippen LogP contribution is -2.33. The van der Waals surface area contributed by atoms with Gasteiger partial charge in [0, 0.05) is 5.39 Å². The van der Waals surface area contributed by atoms with E-state index in [-0.39, 0.29) is 17.6 Å². The molecule has 1 aromatic carbocycles. The van der Waals surface area contributed by atoms with Gasteiger partial charge in [0.15, 0.2) is 0 Å². The molecule has 2 aromatic heterocycles. The van der Waals surface area contributed by atoms with E-state index >= 15 is 0 Å². The molecule has 0 saturated heterocycles. The van der Waals surface area contributed by atoms with Crippen molar-refractivity contribution in [2.45, 2.75) is 25.9 Å². The van der Waals surface area contributed by atoms with Crippen molar-refractivity contribution in [3.63, 3.8) is 0 Å². The second-order valence-corrected chi connectivity index (χ2v) is 5.53. The van der Waals surface area contributed by atoms with Crippen LogP contribution in [0.2, 0.25) is 0 Å². The fraction of sp³-hybridized carbons (Fsp3) is 0.250. The summed E-state index contributed by atoms with van der Waals surface area (Å²) in [4.78, 5) is 22.5. The minimum Gasteiger partial charge on any atom is -0.459 e. The summed E-state index contributed by atoms with van der Waals surface area (Å²) in [7, 11) is 0. The largest absolute Gasteiger partial charge is 0.459 e. The van der Waals surface area contributed by atoms with E-state index in [1.807, 2.05) is 37.3 Å². The van der Waals surface area contributed by atoms with Crippen molar-refractivity contribution in [3.8, 4) is 0 Å². The van der Waals surface area contributed by atoms with Crippen molar-refractivity contribution in [2.75, 3.05) is 0 Å². The normalized spacial score (nSPS) is 13.6. The number of carbonyl (C=O) groups excluding carboxylic acids is 1. The fourth-order valence-corrected chi connectivity index (χ4v) is 2.38. The van der Waals surface area contributed by atoms with E-state index in [9.17, 15) is 14.9 Å². The predicted molar refractivity (Wildman–Crippen MR) is 86.4 cm³/mol. The number of benzene rings is 1. The van der Waals surface area contributed by atoms with Crippen LogP contribution in [0.3, 0.4) is 0 Å². The number of nitro groups is 1. The molecule has 3 aromatic rings. The Kier molecular flexibility index (Phi) is 4.03. The molecule has 124 valence electrons. The Morgan fingerprint density at radius 1 is 1.38 bits per heavy atom. The van der Waals surface area contributed by atoms with Crippen LogP contribution < -0.4 is 5.32 Å². The standard InChI is InChI=1S/C16H16N4O4/c1-10(15-7-12-5-3-4-6-14(12)24-15)18-16(21)11(2)19-9-13(8-17-19)20(22)23/h3-11H,1-2H3,(H,18,21). The van der Waals surface area contributed by atoms with Gasteiger partial charge < -0.3 is 9.73 Å². The molecular weight excluding hydrogens is 312 g/mol. The number of rotatable bonds is 5. The first kappa shape index (κ1) is 15.7. The number of fused-ring (bicyclic) bond motifs is 1. The summed E-state index contributed by atoms with van der Waals surface area (Å²) >= 11 is 0. The lowest BCUT2D eigenvalue weighted by atomic mass is 10.2. The van der Waals surface area contributed by atoms with Crippen molar-refractivity contribution in [1.29, 1.82) is 0 Å². The van der Waals surface area contributed by atoms with Crippen LogP contribution in [-0.2, 0) is 4.79 Å². The predicted octanol–water partition coefficient (Wildman–Crippen LogP) is 2.98. The molecular formula is C16H16N4O4. The maximum Gasteiger partial charge on any atom is 0.307 e. The Morgan fingerprint density at radius 2 is 2.12 bits per heavy atom. The third-order valence-electron chi connectivity index (χ3n) is 3.81. The van der Waals surface area contributed by atoms with Gasteiger partial charge in [0.05, 0.1) is 11.0 Å². The summed E-state index contributed by atoms with van der Waals surface area (Å²) in [6.45, 7) is 3.44. The first-order chi connectivity index (χ1) is 11.5. The summed E-state index contributed by atoms with van der Waals surface area (Å²) < 4.78 is 6.99. The van der Waals surface area contributed by atoms with Crippen molar-refractivity contribution in [3.05, 3.63) is 58.6 Å². The molecule has 8 nitrogen and oxygen atoms in total. The molecule has 24 heavy (non-hydrogen) atoms. The van der Waals surface area contributed by atoms with Gasteiger partial charge in [-0.2, -0.15) is 5.10 Å². The van der Waals surface area contributed by atoms with E-state index in [2.05, 4.69) is 10.4 Å². The van der Waals surface area contributed by atoms with Gasteiger partial charge in [-0.1, -0.05) is 18.2 Å². The smallest absolute Gasteiger partial charge is 0.307 e. The average Bonchev–Trinajstić information content (AvgIpc) is 3.20. The van der Waals surface area contributed by atoms with E-state index < -0.39 is 11.0 Å². The first-order valence-corrected chi connectivity index (χ1v) is 7.43. The van der Waals surface area contributed by atoms with Crippen LogP contribution in [0.1, 0.15) is 31.7 Å². The van der Waals surface area contributed by atoms with Gasteiger partial charge in [0.2, 0.25) is 5.91 Å². The molecule has 0 aliphatic rings. The third kappa shape index (κ3) is 2.98. The summed E-state index contributed by atoms with van der Waals surface area (Å²) in [5.74, 6) is 0.337. The number of hydrogen-bond donors (Lipinski definition) is 1. The Bertz CT molecular complexity index is 865. The molecule has 0 fully saturated rings. The van der Waals surface area contributed by atoms with Gasteiger partial charge in [-0.3, -0.25) is 19.6 Å². The van der Waals surface area contributed by atoms with Crippen molar-refractivity contribution >= 4 is 22.6 Å². The SMILES string of the molecule is CC(NC(=O)C(C)n1cc([N+](=O)[O-])cn1)c1cc2ccccc2o1. The number of amides is 1. The van der Waals surface area contributed by atoms with Crippen LogP contribution in [-0.4, -0.2) is 20.6 Å². The van der Waals surface area contributed by atoms with Crippen LogP contribution in [0, 0.1) is 10.1 Å². The Morgan fingerprint density at radius 3 is 2.79 bits per heavy atom. The van der Waals surface area contributed by atoms with Gasteiger partial charge in [-0.15, -0.1) is 0 Å². The van der Waals surface area contributed by atoms with Crippen molar-refractivity contribution < 1.29 is 14.1 Å². The molecule has 0 radical (unpaired) electrons. The number of furan rings is 1. The highest BCUT2D eigenvalue weighted by molar-refractivity contribution is 5.81. The molecule has 1 amide bonds. The zero-order valence-corrected chi connectivity index (χ0v) is 13.2. The Hall–Kier alpha value is -3.16. The second-order valence-electron chi connectivity index (χ2n) is 5.53. The molecule has 0 saturated carbocycles. The van der Waals surface area contributed by atoms with Gasteiger partial charge >= 0.3 is 5.69 Å². The van der Waals surface area contributed by atoms with Crippen LogP contribution in [0.25, 0.3) is 11.0 Å². The zero-order chi connectivity index (χ0) is 17.3. The molecule has 0 spiro atoms. The van der Waals surface area contributed by atoms with E-state index in [1.54, 1.807) is 6.92 Å². The van der Waals surface area contributed by atoms with Crippen LogP contribution in [0.5, 0.6) is 0 Å². The molecule has 0 aliphatic carbocycles. The van der Waals surface area contributed by atoms with E-state index in [1.165, 1.54) is 10.9 Å². The summed E-state index contributed by atoms with van der Waals surface area (Å²) in [5.41, 5.74) is 0.601. The van der Waals surface area contributed by atoms with Gasteiger partial charge in [0.25, 0.3) is 0 Å². The molecule has 2 heterocycles. The zero-order valence-electron chi connectivity index (χ0n) is 13.2. The number of nitrogens with zero attached hydrogens (tertiary/aromatic N) is 3. The Balaban J connectivity index is 1.71. The summed E-state index contributed by atoms with van der Waals surface area (Å²) in [5, 5.41) is 18.4. The van der Waals surface area contributed by atoms with Crippen LogP contribution in [0.4, 0.5) is 5.69 Å². The number of aromatic nitrogens is 2. The molecule has 1 N–H and O–H groups in total. The van der Waals surface area contributed by atoms with E-state index in [4.69, 9.17) is 4.42 Å². The number of para-hydroxylation sites is 1. The molecule has 8 heteroatoms. The Labute approximate surface area is 137 Å². The minimum absolute atomic E-state index is 0.153. The molecule has 3 rings (SSSR count). The van der Waals surface area contributed by atoms with Crippen molar-refractivity contribution in [1.82, 2.24) is 15.1 Å². The molecule has 0 bridgehead atoms. The lowest BCUT2D eigenvalue weighted by Gasteiger charge is -2.16. The van der Waals surface area contributed by atoms with Crippen LogP contribution >= 0.6 is 0 Å². The lowest BCUT2D eigenvalue weighted by molar-refractivity contribution is -0.385. The first-order valence-electron chi connectivity index (χ1n) is 7.43. The molecule has 2 atom stereocenters. The minimum atomic E-state index is -0.675.